The molecule has 3 aromatic rings. The van der Waals surface area contributed by atoms with Crippen molar-refractivity contribution in [1.82, 2.24) is 9.97 Å². The van der Waals surface area contributed by atoms with Gasteiger partial charge in [-0.1, -0.05) is 30.3 Å². The quantitative estimate of drug-likeness (QED) is 0.777. The monoisotopic (exact) mass is 320 g/mol. The molecule has 1 aliphatic rings. The largest absolute Gasteiger partial charge is 0.496 e. The van der Waals surface area contributed by atoms with Gasteiger partial charge >= 0.3 is 0 Å². The molecule has 0 saturated heterocycles. The lowest BCUT2D eigenvalue weighted by molar-refractivity contribution is 0.227. The van der Waals surface area contributed by atoms with E-state index in [1.807, 2.05) is 54.6 Å². The first-order valence-corrected chi connectivity index (χ1v) is 7.55. The zero-order valence-corrected chi connectivity index (χ0v) is 13.1. The van der Waals surface area contributed by atoms with Gasteiger partial charge in [-0.25, -0.2) is 4.98 Å². The van der Waals surface area contributed by atoms with Crippen molar-refractivity contribution in [3.8, 4) is 5.75 Å². The number of hydrogen-bond donors (Lipinski definition) is 2. The number of aliphatic imine (C=N–C) groups is 1. The molecule has 2 heterocycles. The van der Waals surface area contributed by atoms with Crippen LogP contribution in [0.25, 0.3) is 16.7 Å². The Labute approximate surface area is 138 Å². The topological polar surface area (TPSA) is 85.5 Å². The third-order valence-corrected chi connectivity index (χ3v) is 3.87. The Kier molecular flexibility index (Phi) is 3.42. The summed E-state index contributed by atoms with van der Waals surface area (Å²) in [5, 5.41) is 0. The van der Waals surface area contributed by atoms with Crippen LogP contribution in [-0.2, 0) is 4.74 Å². The number of aromatic nitrogens is 2. The number of benzene rings is 2. The van der Waals surface area contributed by atoms with Crippen molar-refractivity contribution in [2.24, 2.45) is 10.7 Å². The Morgan fingerprint density at radius 2 is 1.92 bits per heavy atom. The molecule has 0 amide bonds. The molecule has 24 heavy (non-hydrogen) atoms. The second-order valence-electron chi connectivity index (χ2n) is 5.38. The third-order valence-electron chi connectivity index (χ3n) is 3.87. The van der Waals surface area contributed by atoms with Gasteiger partial charge in [0.2, 0.25) is 0 Å². The van der Waals surface area contributed by atoms with Crippen LogP contribution >= 0.6 is 0 Å². The van der Waals surface area contributed by atoms with Gasteiger partial charge in [0.25, 0.3) is 6.02 Å². The summed E-state index contributed by atoms with van der Waals surface area (Å²) in [6.07, 6.45) is 1.49. The Morgan fingerprint density at radius 1 is 1.12 bits per heavy atom. The first kappa shape index (κ1) is 14.3. The van der Waals surface area contributed by atoms with Crippen LogP contribution in [0, 0.1) is 0 Å². The number of amidine groups is 1. The van der Waals surface area contributed by atoms with Crippen molar-refractivity contribution in [2.75, 3.05) is 7.11 Å². The number of nitrogens with two attached hydrogens (primary N) is 1. The van der Waals surface area contributed by atoms with Gasteiger partial charge in [0.05, 0.1) is 18.1 Å². The van der Waals surface area contributed by atoms with Crippen LogP contribution < -0.4 is 10.5 Å². The van der Waals surface area contributed by atoms with Crippen molar-refractivity contribution in [3.63, 3.8) is 0 Å². The SMILES string of the molecule is COc1ccccc1C1C=C(c2nc3ccccc3[nH]2)N=C(N)O1. The van der Waals surface area contributed by atoms with E-state index in [2.05, 4.69) is 15.0 Å². The summed E-state index contributed by atoms with van der Waals surface area (Å²) >= 11 is 0. The molecule has 0 spiro atoms. The summed E-state index contributed by atoms with van der Waals surface area (Å²) in [6, 6.07) is 15.6. The lowest BCUT2D eigenvalue weighted by atomic mass is 10.1. The minimum absolute atomic E-state index is 0.101. The van der Waals surface area contributed by atoms with Gasteiger partial charge in [-0.2, -0.15) is 4.99 Å². The molecule has 0 fully saturated rings. The van der Waals surface area contributed by atoms with E-state index in [4.69, 9.17) is 15.2 Å². The molecule has 0 saturated carbocycles. The molecular weight excluding hydrogens is 304 g/mol. The van der Waals surface area contributed by atoms with Gasteiger partial charge < -0.3 is 20.2 Å². The molecule has 3 N–H and O–H groups in total. The fraction of sp³-hybridized carbons (Fsp3) is 0.111. The van der Waals surface area contributed by atoms with Crippen LogP contribution in [0.3, 0.4) is 0 Å². The smallest absolute Gasteiger partial charge is 0.288 e. The van der Waals surface area contributed by atoms with E-state index in [1.54, 1.807) is 7.11 Å². The average Bonchev–Trinajstić information content (AvgIpc) is 3.05. The van der Waals surface area contributed by atoms with Gasteiger partial charge in [-0.3, -0.25) is 0 Å². The standard InChI is InChI=1S/C18H16N4O2/c1-23-15-9-5-2-6-11(15)16-10-14(22-18(19)24-16)17-20-12-7-3-4-8-13(12)21-17/h2-10,16H,1H3,(H2,19,22)(H,20,21). The maximum absolute atomic E-state index is 5.88. The van der Waals surface area contributed by atoms with Crippen LogP contribution in [0.15, 0.2) is 59.6 Å². The minimum Gasteiger partial charge on any atom is -0.496 e. The van der Waals surface area contributed by atoms with E-state index in [9.17, 15) is 0 Å². The van der Waals surface area contributed by atoms with Crippen LogP contribution in [0.5, 0.6) is 5.75 Å². The van der Waals surface area contributed by atoms with Crippen molar-refractivity contribution in [3.05, 3.63) is 66.0 Å². The summed E-state index contributed by atoms with van der Waals surface area (Å²) in [4.78, 5) is 12.1. The number of nitrogens with one attached hydrogen (secondary N) is 1. The zero-order chi connectivity index (χ0) is 16.5. The normalized spacial score (nSPS) is 17.1. The third kappa shape index (κ3) is 2.48. The first-order valence-electron chi connectivity index (χ1n) is 7.55. The fourth-order valence-electron chi connectivity index (χ4n) is 2.75. The summed E-state index contributed by atoms with van der Waals surface area (Å²) in [5.74, 6) is 1.39. The van der Waals surface area contributed by atoms with Crippen LogP contribution in [-0.4, -0.2) is 23.1 Å². The maximum Gasteiger partial charge on any atom is 0.288 e. The Bertz CT molecular complexity index is 925. The lowest BCUT2D eigenvalue weighted by Crippen LogP contribution is -2.22. The molecule has 1 atom stereocenters. The van der Waals surface area contributed by atoms with E-state index in [0.29, 0.717) is 11.5 Å². The summed E-state index contributed by atoms with van der Waals surface area (Å²) in [6.45, 7) is 0. The zero-order valence-electron chi connectivity index (χ0n) is 13.1. The van der Waals surface area contributed by atoms with E-state index < -0.39 is 0 Å². The highest BCUT2D eigenvalue weighted by molar-refractivity contribution is 5.85. The molecule has 2 aromatic carbocycles. The van der Waals surface area contributed by atoms with Gasteiger partial charge in [-0.15, -0.1) is 0 Å². The molecule has 120 valence electrons. The molecule has 0 radical (unpaired) electrons. The fourth-order valence-corrected chi connectivity index (χ4v) is 2.75. The average molecular weight is 320 g/mol. The van der Waals surface area contributed by atoms with E-state index in [1.165, 1.54) is 0 Å². The van der Waals surface area contributed by atoms with Crippen molar-refractivity contribution < 1.29 is 9.47 Å². The van der Waals surface area contributed by atoms with Crippen LogP contribution in [0.1, 0.15) is 17.5 Å². The van der Waals surface area contributed by atoms with E-state index >= 15 is 0 Å². The van der Waals surface area contributed by atoms with Gasteiger partial charge in [0.1, 0.15) is 11.4 Å². The maximum atomic E-state index is 5.88. The number of nitrogens with zero attached hydrogens (tertiary/aromatic N) is 2. The summed E-state index contributed by atoms with van der Waals surface area (Å²) < 4.78 is 11.1. The number of hydrogen-bond acceptors (Lipinski definition) is 5. The molecule has 6 nitrogen and oxygen atoms in total. The number of fused-ring (bicyclic) bond motifs is 1. The predicted molar refractivity (Wildman–Crippen MR) is 92.5 cm³/mol. The van der Waals surface area contributed by atoms with Crippen LogP contribution in [0.4, 0.5) is 0 Å². The van der Waals surface area contributed by atoms with Gasteiger partial charge in [0, 0.05) is 5.56 Å². The highest BCUT2D eigenvalue weighted by Gasteiger charge is 2.23. The van der Waals surface area contributed by atoms with Gasteiger partial charge in [0.15, 0.2) is 11.9 Å². The molecule has 1 aliphatic heterocycles. The summed E-state index contributed by atoms with van der Waals surface area (Å²) in [5.41, 5.74) is 9.23. The van der Waals surface area contributed by atoms with E-state index in [-0.39, 0.29) is 12.1 Å². The van der Waals surface area contributed by atoms with Gasteiger partial charge in [-0.05, 0) is 24.3 Å². The molecule has 0 bridgehead atoms. The second kappa shape index (κ2) is 5.73. The Hall–Kier alpha value is -3.28. The van der Waals surface area contributed by atoms with Crippen molar-refractivity contribution in [1.29, 1.82) is 0 Å². The second-order valence-corrected chi connectivity index (χ2v) is 5.38. The molecule has 1 aromatic heterocycles. The van der Waals surface area contributed by atoms with E-state index in [0.717, 1.165) is 22.3 Å². The predicted octanol–water partition coefficient (Wildman–Crippen LogP) is 3.00. The van der Waals surface area contributed by atoms with Crippen molar-refractivity contribution in [2.45, 2.75) is 6.10 Å². The number of H-pyrrole nitrogens is 1. The molecular formula is C18H16N4O2. The highest BCUT2D eigenvalue weighted by atomic mass is 16.5. The lowest BCUT2D eigenvalue weighted by Gasteiger charge is -2.21. The number of methoxy groups -OCH3 is 1. The molecule has 0 aliphatic carbocycles. The molecule has 6 heteroatoms. The number of aromatic amines is 1. The van der Waals surface area contributed by atoms with Crippen LogP contribution in [0.2, 0.25) is 0 Å². The highest BCUT2D eigenvalue weighted by Crippen LogP contribution is 2.33. The number of rotatable bonds is 3. The first-order chi connectivity index (χ1) is 11.7. The number of imidazole rings is 1. The number of para-hydroxylation sites is 3. The van der Waals surface area contributed by atoms with Crippen molar-refractivity contribution >= 4 is 22.8 Å². The Balaban J connectivity index is 1.78. The Morgan fingerprint density at radius 3 is 2.75 bits per heavy atom. The summed E-state index contributed by atoms with van der Waals surface area (Å²) in [7, 11) is 1.63. The number of ether oxygens (including phenoxy) is 2. The molecule has 1 unspecified atom stereocenters. The molecule has 4 rings (SSSR count). The minimum atomic E-state index is -0.387.